The van der Waals surface area contributed by atoms with Gasteiger partial charge < -0.3 is 5.73 Å². The molecule has 20 heavy (non-hydrogen) atoms. The van der Waals surface area contributed by atoms with Gasteiger partial charge in [-0.3, -0.25) is 0 Å². The molecule has 2 atom stereocenters. The molecule has 0 spiro atoms. The molecule has 1 nitrogen and oxygen atoms in total. The Morgan fingerprint density at radius 2 is 1.80 bits per heavy atom. The van der Waals surface area contributed by atoms with Crippen LogP contribution in [0.1, 0.15) is 17.0 Å². The molecule has 0 amide bonds. The zero-order valence-corrected chi connectivity index (χ0v) is 13.2. The Hall–Kier alpha value is -0.670. The van der Waals surface area contributed by atoms with Crippen LogP contribution in [0.5, 0.6) is 0 Å². The second-order valence-electron chi connectivity index (χ2n) is 5.02. The maximum absolute atomic E-state index is 6.43. The fourth-order valence-electron chi connectivity index (χ4n) is 2.65. The van der Waals surface area contributed by atoms with E-state index in [4.69, 9.17) is 28.9 Å². The lowest BCUT2D eigenvalue weighted by atomic mass is 9.90. The van der Waals surface area contributed by atoms with Crippen LogP contribution < -0.4 is 5.73 Å². The molecule has 0 aromatic heterocycles. The number of rotatable bonds is 3. The molecular weight excluding hydrogens is 309 g/mol. The highest BCUT2D eigenvalue weighted by atomic mass is 35.5. The molecular formula is C16H15Cl2NS. The molecule has 4 heteroatoms. The van der Waals surface area contributed by atoms with Gasteiger partial charge in [0.15, 0.2) is 0 Å². The number of hydrogen-bond donors (Lipinski definition) is 1. The number of thioether (sulfide) groups is 1. The molecule has 0 radical (unpaired) electrons. The summed E-state index contributed by atoms with van der Waals surface area (Å²) in [5.74, 6) is 1.39. The van der Waals surface area contributed by atoms with Crippen molar-refractivity contribution in [1.82, 2.24) is 0 Å². The second-order valence-corrected chi connectivity index (χ2v) is 6.90. The van der Waals surface area contributed by atoms with Crippen molar-refractivity contribution in [2.75, 3.05) is 5.75 Å². The molecule has 3 rings (SSSR count). The van der Waals surface area contributed by atoms with E-state index in [2.05, 4.69) is 24.3 Å². The van der Waals surface area contributed by atoms with E-state index in [1.807, 2.05) is 30.0 Å². The minimum atomic E-state index is 0.0311. The zero-order valence-electron chi connectivity index (χ0n) is 10.9. The fourth-order valence-corrected chi connectivity index (χ4v) is 4.55. The summed E-state index contributed by atoms with van der Waals surface area (Å²) in [4.78, 5) is 1.35. The normalized spacial score (nSPS) is 18.9. The van der Waals surface area contributed by atoms with Crippen molar-refractivity contribution in [2.24, 2.45) is 5.73 Å². The monoisotopic (exact) mass is 323 g/mol. The van der Waals surface area contributed by atoms with E-state index in [0.29, 0.717) is 22.4 Å². The van der Waals surface area contributed by atoms with Gasteiger partial charge >= 0.3 is 0 Å². The highest BCUT2D eigenvalue weighted by Crippen LogP contribution is 2.41. The van der Waals surface area contributed by atoms with Crippen LogP contribution in [0.25, 0.3) is 0 Å². The molecule has 0 fully saturated rings. The molecule has 2 N–H and O–H groups in total. The van der Waals surface area contributed by atoms with Crippen molar-refractivity contribution in [3.8, 4) is 0 Å². The molecule has 2 aromatic rings. The van der Waals surface area contributed by atoms with E-state index in [9.17, 15) is 0 Å². The lowest BCUT2D eigenvalue weighted by Gasteiger charge is -2.21. The van der Waals surface area contributed by atoms with Crippen LogP contribution in [0.15, 0.2) is 47.4 Å². The minimum Gasteiger partial charge on any atom is -0.327 e. The molecule has 104 valence electrons. The number of fused-ring (bicyclic) bond motifs is 1. The van der Waals surface area contributed by atoms with Crippen LogP contribution in [-0.4, -0.2) is 11.8 Å². The molecule has 1 aliphatic rings. The second kappa shape index (κ2) is 5.98. The van der Waals surface area contributed by atoms with Gasteiger partial charge in [0.2, 0.25) is 0 Å². The fraction of sp³-hybridized carbons (Fsp3) is 0.250. The van der Waals surface area contributed by atoms with Crippen molar-refractivity contribution in [3.05, 3.63) is 63.6 Å². The minimum absolute atomic E-state index is 0.0311. The highest BCUT2D eigenvalue weighted by Gasteiger charge is 2.28. The summed E-state index contributed by atoms with van der Waals surface area (Å²) in [6.45, 7) is 0. The summed E-state index contributed by atoms with van der Waals surface area (Å²) < 4.78 is 0. The first kappa shape index (κ1) is 14.3. The van der Waals surface area contributed by atoms with Gasteiger partial charge in [-0.15, -0.1) is 11.8 Å². The average molecular weight is 324 g/mol. The third-order valence-corrected chi connectivity index (χ3v) is 5.67. The SMILES string of the molecule is NC(Cc1c(Cl)cccc1Cl)C1CSc2ccccc21. The summed E-state index contributed by atoms with van der Waals surface area (Å²) in [5, 5.41) is 1.40. The van der Waals surface area contributed by atoms with E-state index in [1.165, 1.54) is 10.5 Å². The Balaban J connectivity index is 1.83. The van der Waals surface area contributed by atoms with Crippen LogP contribution in [0.2, 0.25) is 10.0 Å². The number of nitrogens with two attached hydrogens (primary N) is 1. The predicted molar refractivity (Wildman–Crippen MR) is 88.0 cm³/mol. The molecule has 0 aliphatic carbocycles. The molecule has 0 bridgehead atoms. The molecule has 1 aliphatic heterocycles. The van der Waals surface area contributed by atoms with E-state index in [-0.39, 0.29) is 6.04 Å². The van der Waals surface area contributed by atoms with Crippen molar-refractivity contribution in [3.63, 3.8) is 0 Å². The number of halogens is 2. The maximum Gasteiger partial charge on any atom is 0.0453 e. The highest BCUT2D eigenvalue weighted by molar-refractivity contribution is 7.99. The smallest absolute Gasteiger partial charge is 0.0453 e. The lowest BCUT2D eigenvalue weighted by Crippen LogP contribution is -2.31. The summed E-state index contributed by atoms with van der Waals surface area (Å²) in [5.41, 5.74) is 8.74. The van der Waals surface area contributed by atoms with Crippen LogP contribution in [0.3, 0.4) is 0 Å². The van der Waals surface area contributed by atoms with Crippen LogP contribution in [0, 0.1) is 0 Å². The molecule has 2 aromatic carbocycles. The molecule has 0 saturated heterocycles. The van der Waals surface area contributed by atoms with Gasteiger partial charge in [-0.25, -0.2) is 0 Å². The van der Waals surface area contributed by atoms with Crippen molar-refractivity contribution >= 4 is 35.0 Å². The van der Waals surface area contributed by atoms with Gasteiger partial charge in [0.1, 0.15) is 0 Å². The zero-order chi connectivity index (χ0) is 14.1. The predicted octanol–water partition coefficient (Wildman–Crippen LogP) is 4.75. The summed E-state index contributed by atoms with van der Waals surface area (Å²) in [7, 11) is 0. The van der Waals surface area contributed by atoms with Crippen LogP contribution in [-0.2, 0) is 6.42 Å². The van der Waals surface area contributed by atoms with E-state index in [0.717, 1.165) is 11.3 Å². The van der Waals surface area contributed by atoms with E-state index < -0.39 is 0 Å². The van der Waals surface area contributed by atoms with E-state index >= 15 is 0 Å². The van der Waals surface area contributed by atoms with Gasteiger partial charge in [-0.1, -0.05) is 47.5 Å². The third-order valence-electron chi connectivity index (χ3n) is 3.76. The molecule has 1 heterocycles. The van der Waals surface area contributed by atoms with E-state index in [1.54, 1.807) is 0 Å². The topological polar surface area (TPSA) is 26.0 Å². The Morgan fingerprint density at radius 1 is 1.10 bits per heavy atom. The van der Waals surface area contributed by atoms with Crippen LogP contribution in [0.4, 0.5) is 0 Å². The Bertz CT molecular complexity index is 609. The van der Waals surface area contributed by atoms with Crippen molar-refractivity contribution in [1.29, 1.82) is 0 Å². The standard InChI is InChI=1S/C16H15Cl2NS/c17-13-5-3-6-14(18)11(13)8-15(19)12-9-20-16-7-2-1-4-10(12)16/h1-7,12,15H,8-9,19H2. The average Bonchev–Trinajstić information content (AvgIpc) is 2.87. The first-order chi connectivity index (χ1) is 9.66. The Labute approximate surface area is 133 Å². The lowest BCUT2D eigenvalue weighted by molar-refractivity contribution is 0.572. The number of hydrogen-bond acceptors (Lipinski definition) is 2. The van der Waals surface area contributed by atoms with Gasteiger partial charge in [-0.05, 0) is 35.7 Å². The first-order valence-electron chi connectivity index (χ1n) is 6.57. The Kier molecular flexibility index (Phi) is 4.27. The largest absolute Gasteiger partial charge is 0.327 e. The molecule has 0 saturated carbocycles. The van der Waals surface area contributed by atoms with Gasteiger partial charge in [0.05, 0.1) is 0 Å². The summed E-state index contributed by atoms with van der Waals surface area (Å²) >= 11 is 14.3. The summed E-state index contributed by atoms with van der Waals surface area (Å²) in [6, 6.07) is 14.1. The Morgan fingerprint density at radius 3 is 2.55 bits per heavy atom. The maximum atomic E-state index is 6.43. The number of benzene rings is 2. The van der Waals surface area contributed by atoms with Gasteiger partial charge in [0.25, 0.3) is 0 Å². The van der Waals surface area contributed by atoms with Crippen molar-refractivity contribution < 1.29 is 0 Å². The van der Waals surface area contributed by atoms with Gasteiger partial charge in [-0.2, -0.15) is 0 Å². The summed E-state index contributed by atoms with van der Waals surface area (Å²) in [6.07, 6.45) is 0.706. The molecule has 2 unspecified atom stereocenters. The van der Waals surface area contributed by atoms with Gasteiger partial charge in [0, 0.05) is 32.7 Å². The van der Waals surface area contributed by atoms with Crippen LogP contribution >= 0.6 is 35.0 Å². The van der Waals surface area contributed by atoms with Crippen molar-refractivity contribution in [2.45, 2.75) is 23.3 Å². The quantitative estimate of drug-likeness (QED) is 0.881. The first-order valence-corrected chi connectivity index (χ1v) is 8.31. The third kappa shape index (κ3) is 2.71.